The molecule has 1 atom stereocenters. The zero-order chi connectivity index (χ0) is 14.0. The van der Waals surface area contributed by atoms with Crippen LogP contribution in [0.15, 0.2) is 11.2 Å². The van der Waals surface area contributed by atoms with Crippen molar-refractivity contribution in [3.05, 3.63) is 11.8 Å². The van der Waals surface area contributed by atoms with Crippen molar-refractivity contribution in [2.45, 2.75) is 30.5 Å². The van der Waals surface area contributed by atoms with Crippen LogP contribution in [0.2, 0.25) is 0 Å². The molecule has 1 saturated heterocycles. The van der Waals surface area contributed by atoms with Gasteiger partial charge < -0.3 is 10.0 Å². The molecule has 0 aliphatic carbocycles. The van der Waals surface area contributed by atoms with Crippen molar-refractivity contribution in [3.8, 4) is 0 Å². The highest BCUT2D eigenvalue weighted by Crippen LogP contribution is 2.26. The Bertz CT molecular complexity index is 526. The number of nitrogens with one attached hydrogen (secondary N) is 1. The van der Waals surface area contributed by atoms with Crippen LogP contribution in [0.25, 0.3) is 0 Å². The van der Waals surface area contributed by atoms with E-state index in [1.165, 1.54) is 10.5 Å². The molecule has 0 radical (unpaired) electrons. The number of sulfonamides is 1. The molecule has 2 N–H and O–H groups in total. The third-order valence-corrected chi connectivity index (χ3v) is 5.28. The number of nitrogens with zero attached hydrogens (tertiary/aromatic N) is 3. The third kappa shape index (κ3) is 2.81. The number of hydrogen-bond acceptors (Lipinski definition) is 5. The number of likely N-dealkylation sites (N-methyl/N-ethyl adjacent to an activating group) is 1. The standard InChI is InChI=1S/C11H20N4O3S/c1-14(2)7-10-4-3-5-15(10)19(17,18)11-9(8-16)6-12-13-11/h6,10,16H,3-5,7-8H2,1-2H3,(H,12,13). The molecule has 1 aromatic heterocycles. The Balaban J connectivity index is 2.29. The van der Waals surface area contributed by atoms with E-state index in [-0.39, 0.29) is 17.7 Å². The van der Waals surface area contributed by atoms with Gasteiger partial charge in [0, 0.05) is 24.7 Å². The number of H-pyrrole nitrogens is 1. The molecule has 2 rings (SSSR count). The van der Waals surface area contributed by atoms with Crippen molar-refractivity contribution >= 4 is 10.0 Å². The van der Waals surface area contributed by atoms with Crippen LogP contribution in [-0.2, 0) is 16.6 Å². The van der Waals surface area contributed by atoms with E-state index in [4.69, 9.17) is 0 Å². The molecule has 1 aliphatic heterocycles. The lowest BCUT2D eigenvalue weighted by Gasteiger charge is -2.26. The predicted molar refractivity (Wildman–Crippen MR) is 70.0 cm³/mol. The molecule has 0 bridgehead atoms. The largest absolute Gasteiger partial charge is 0.392 e. The van der Waals surface area contributed by atoms with Gasteiger partial charge in [0.2, 0.25) is 0 Å². The number of aliphatic hydroxyl groups is 1. The van der Waals surface area contributed by atoms with Gasteiger partial charge in [-0.05, 0) is 26.9 Å². The van der Waals surface area contributed by atoms with Crippen LogP contribution in [-0.4, -0.2) is 66.2 Å². The minimum atomic E-state index is -3.60. The normalized spacial score (nSPS) is 21.4. The number of aromatic amines is 1. The Morgan fingerprint density at radius 3 is 2.95 bits per heavy atom. The second kappa shape index (κ2) is 5.58. The summed E-state index contributed by atoms with van der Waals surface area (Å²) in [6, 6.07) is -0.0187. The van der Waals surface area contributed by atoms with Gasteiger partial charge in [-0.2, -0.15) is 9.40 Å². The molecule has 2 heterocycles. The summed E-state index contributed by atoms with van der Waals surface area (Å²) < 4.78 is 26.7. The van der Waals surface area contributed by atoms with Crippen LogP contribution in [0.3, 0.4) is 0 Å². The average Bonchev–Trinajstić information content (AvgIpc) is 2.95. The molecular weight excluding hydrogens is 268 g/mol. The Kier molecular flexibility index (Phi) is 4.24. The Hall–Kier alpha value is -0.960. The van der Waals surface area contributed by atoms with Crippen LogP contribution in [0.5, 0.6) is 0 Å². The minimum absolute atomic E-state index is 0.0145. The van der Waals surface area contributed by atoms with Gasteiger partial charge in [-0.15, -0.1) is 0 Å². The Labute approximate surface area is 113 Å². The zero-order valence-electron chi connectivity index (χ0n) is 11.2. The molecule has 8 heteroatoms. The quantitative estimate of drug-likeness (QED) is 0.770. The summed E-state index contributed by atoms with van der Waals surface area (Å²) in [6.07, 6.45) is 3.07. The fraction of sp³-hybridized carbons (Fsp3) is 0.727. The molecule has 19 heavy (non-hydrogen) atoms. The monoisotopic (exact) mass is 288 g/mol. The van der Waals surface area contributed by atoms with Gasteiger partial charge in [0.25, 0.3) is 10.0 Å². The van der Waals surface area contributed by atoms with Gasteiger partial charge in [-0.1, -0.05) is 0 Å². The van der Waals surface area contributed by atoms with Crippen LogP contribution in [0, 0.1) is 0 Å². The van der Waals surface area contributed by atoms with E-state index in [0.717, 1.165) is 12.8 Å². The van der Waals surface area contributed by atoms with Crippen LogP contribution in [0.4, 0.5) is 0 Å². The van der Waals surface area contributed by atoms with E-state index in [9.17, 15) is 13.5 Å². The predicted octanol–water partition coefficient (Wildman–Crippen LogP) is -0.383. The van der Waals surface area contributed by atoms with Crippen molar-refractivity contribution in [2.24, 2.45) is 0 Å². The zero-order valence-corrected chi connectivity index (χ0v) is 12.0. The van der Waals surface area contributed by atoms with Crippen molar-refractivity contribution < 1.29 is 13.5 Å². The molecule has 0 amide bonds. The molecule has 7 nitrogen and oxygen atoms in total. The van der Waals surface area contributed by atoms with E-state index in [0.29, 0.717) is 18.7 Å². The van der Waals surface area contributed by atoms with Crippen molar-refractivity contribution in [3.63, 3.8) is 0 Å². The van der Waals surface area contributed by atoms with Crippen molar-refractivity contribution in [2.75, 3.05) is 27.2 Å². The lowest BCUT2D eigenvalue weighted by molar-refractivity contribution is 0.275. The Morgan fingerprint density at radius 1 is 1.58 bits per heavy atom. The number of hydrogen-bond donors (Lipinski definition) is 2. The molecule has 1 unspecified atom stereocenters. The highest BCUT2D eigenvalue weighted by atomic mass is 32.2. The first-order valence-electron chi connectivity index (χ1n) is 6.26. The first-order valence-corrected chi connectivity index (χ1v) is 7.70. The molecule has 1 aromatic rings. The van der Waals surface area contributed by atoms with E-state index in [2.05, 4.69) is 10.2 Å². The van der Waals surface area contributed by atoms with Gasteiger partial charge in [0.15, 0.2) is 5.03 Å². The summed E-state index contributed by atoms with van der Waals surface area (Å²) in [4.78, 5) is 1.98. The summed E-state index contributed by atoms with van der Waals surface area (Å²) in [5.41, 5.74) is 0.315. The average molecular weight is 288 g/mol. The second-order valence-electron chi connectivity index (χ2n) is 5.06. The van der Waals surface area contributed by atoms with E-state index < -0.39 is 10.0 Å². The maximum atomic E-state index is 12.6. The lowest BCUT2D eigenvalue weighted by atomic mass is 10.2. The summed E-state index contributed by atoms with van der Waals surface area (Å²) in [7, 11) is 0.254. The van der Waals surface area contributed by atoms with Crippen LogP contribution in [0.1, 0.15) is 18.4 Å². The number of aromatic nitrogens is 2. The van der Waals surface area contributed by atoms with Crippen LogP contribution >= 0.6 is 0 Å². The molecule has 0 saturated carbocycles. The SMILES string of the molecule is CN(C)CC1CCCN1S(=O)(=O)c1[nH]ncc1CO. The number of rotatable bonds is 5. The summed E-state index contributed by atoms with van der Waals surface area (Å²) in [5, 5.41) is 15.4. The molecule has 0 spiro atoms. The van der Waals surface area contributed by atoms with E-state index in [1.54, 1.807) is 0 Å². The maximum absolute atomic E-state index is 12.6. The fourth-order valence-electron chi connectivity index (χ4n) is 2.48. The Morgan fingerprint density at radius 2 is 2.32 bits per heavy atom. The topological polar surface area (TPSA) is 89.5 Å². The molecular formula is C11H20N4O3S. The minimum Gasteiger partial charge on any atom is -0.392 e. The van der Waals surface area contributed by atoms with E-state index in [1.807, 2.05) is 19.0 Å². The first-order chi connectivity index (χ1) is 8.96. The van der Waals surface area contributed by atoms with Gasteiger partial charge in [0.1, 0.15) is 0 Å². The highest BCUT2D eigenvalue weighted by Gasteiger charge is 2.37. The molecule has 108 valence electrons. The summed E-state index contributed by atoms with van der Waals surface area (Å²) in [6.45, 7) is 0.879. The fourth-order valence-corrected chi connectivity index (χ4v) is 4.27. The maximum Gasteiger partial charge on any atom is 0.260 e. The van der Waals surface area contributed by atoms with Gasteiger partial charge in [0.05, 0.1) is 12.8 Å². The third-order valence-electron chi connectivity index (χ3n) is 3.31. The van der Waals surface area contributed by atoms with Gasteiger partial charge >= 0.3 is 0 Å². The molecule has 0 aromatic carbocycles. The van der Waals surface area contributed by atoms with Crippen LogP contribution < -0.4 is 0 Å². The van der Waals surface area contributed by atoms with Gasteiger partial charge in [-0.25, -0.2) is 8.42 Å². The number of aliphatic hydroxyl groups excluding tert-OH is 1. The van der Waals surface area contributed by atoms with E-state index >= 15 is 0 Å². The second-order valence-corrected chi connectivity index (χ2v) is 6.88. The summed E-state index contributed by atoms with van der Waals surface area (Å²) >= 11 is 0. The smallest absolute Gasteiger partial charge is 0.260 e. The highest BCUT2D eigenvalue weighted by molar-refractivity contribution is 7.89. The molecule has 1 aliphatic rings. The van der Waals surface area contributed by atoms with Gasteiger partial charge in [-0.3, -0.25) is 5.10 Å². The lowest BCUT2D eigenvalue weighted by Crippen LogP contribution is -2.41. The van der Waals surface area contributed by atoms with Crippen molar-refractivity contribution in [1.29, 1.82) is 0 Å². The molecule has 1 fully saturated rings. The summed E-state index contributed by atoms with van der Waals surface area (Å²) in [5.74, 6) is 0. The first kappa shape index (κ1) is 14.4. The van der Waals surface area contributed by atoms with Crippen molar-refractivity contribution in [1.82, 2.24) is 19.4 Å².